The van der Waals surface area contributed by atoms with E-state index in [0.29, 0.717) is 12.1 Å². The average molecular weight is 304 g/mol. The van der Waals surface area contributed by atoms with Crippen LogP contribution < -0.4 is 10.1 Å². The smallest absolute Gasteiger partial charge is 0.157 e. The topological polar surface area (TPSA) is 33.6 Å². The van der Waals surface area contributed by atoms with Gasteiger partial charge in [0, 0.05) is 16.9 Å². The zero-order chi connectivity index (χ0) is 14.7. The van der Waals surface area contributed by atoms with E-state index in [2.05, 4.69) is 18.3 Å². The van der Waals surface area contributed by atoms with Gasteiger partial charge in [0.25, 0.3) is 0 Å². The second kappa shape index (κ2) is 6.30. The first-order valence-corrected chi connectivity index (χ1v) is 8.77. The van der Waals surface area contributed by atoms with E-state index < -0.39 is 0 Å². The lowest BCUT2D eigenvalue weighted by molar-refractivity contribution is 0.242. The average Bonchev–Trinajstić information content (AvgIpc) is 2.87. The Bertz CT molecular complexity index is 531. The lowest BCUT2D eigenvalue weighted by atomic mass is 9.78. The summed E-state index contributed by atoms with van der Waals surface area (Å²) in [5.74, 6) is 2.92. The van der Waals surface area contributed by atoms with Crippen LogP contribution in [0.5, 0.6) is 5.75 Å². The molecule has 2 aliphatic rings. The van der Waals surface area contributed by atoms with Gasteiger partial charge in [-0.1, -0.05) is 49.7 Å². The van der Waals surface area contributed by atoms with Gasteiger partial charge in [-0.05, 0) is 24.8 Å². The fourth-order valence-electron chi connectivity index (χ4n) is 3.49. The van der Waals surface area contributed by atoms with E-state index in [-0.39, 0.29) is 0 Å². The van der Waals surface area contributed by atoms with E-state index >= 15 is 0 Å². The highest BCUT2D eigenvalue weighted by atomic mass is 32.2. The second-order valence-corrected chi connectivity index (χ2v) is 7.29. The van der Waals surface area contributed by atoms with Crippen molar-refractivity contribution < 1.29 is 4.74 Å². The van der Waals surface area contributed by atoms with Gasteiger partial charge in [-0.25, -0.2) is 0 Å². The lowest BCUT2D eigenvalue weighted by Crippen LogP contribution is -2.47. The fourth-order valence-corrected chi connectivity index (χ4v) is 4.68. The highest BCUT2D eigenvalue weighted by Gasteiger charge is 2.40. The molecule has 0 amide bonds. The number of para-hydroxylation sites is 1. The molecule has 1 saturated heterocycles. The second-order valence-electron chi connectivity index (χ2n) is 6.33. The van der Waals surface area contributed by atoms with Crippen LogP contribution >= 0.6 is 11.8 Å². The molecule has 1 saturated carbocycles. The van der Waals surface area contributed by atoms with Crippen LogP contribution in [0.3, 0.4) is 0 Å². The predicted octanol–water partition coefficient (Wildman–Crippen LogP) is 3.84. The maximum absolute atomic E-state index is 5.39. The monoisotopic (exact) mass is 304 g/mol. The van der Waals surface area contributed by atoms with Crippen LogP contribution in [-0.2, 0) is 6.54 Å². The van der Waals surface area contributed by atoms with Crippen LogP contribution in [0.25, 0.3) is 0 Å². The number of hydrogen-bond donors (Lipinski definition) is 1. The molecule has 1 aromatic rings. The Kier molecular flexibility index (Phi) is 4.43. The van der Waals surface area contributed by atoms with Crippen molar-refractivity contribution in [2.75, 3.05) is 12.9 Å². The molecule has 21 heavy (non-hydrogen) atoms. The normalized spacial score (nSPS) is 30.6. The number of amidine groups is 1. The number of hydrogen-bond acceptors (Lipinski definition) is 3. The van der Waals surface area contributed by atoms with Gasteiger partial charge in [0.1, 0.15) is 5.75 Å². The third-order valence-corrected chi connectivity index (χ3v) is 5.74. The van der Waals surface area contributed by atoms with E-state index in [1.807, 2.05) is 30.0 Å². The Morgan fingerprint density at radius 2 is 2.29 bits per heavy atom. The van der Waals surface area contributed by atoms with E-state index in [1.54, 1.807) is 7.11 Å². The summed E-state index contributed by atoms with van der Waals surface area (Å²) in [5.41, 5.74) is 1.45. The third-order valence-electron chi connectivity index (χ3n) is 4.53. The summed E-state index contributed by atoms with van der Waals surface area (Å²) in [7, 11) is 1.72. The van der Waals surface area contributed by atoms with E-state index in [1.165, 1.54) is 31.4 Å². The van der Waals surface area contributed by atoms with Crippen molar-refractivity contribution in [1.29, 1.82) is 0 Å². The Morgan fingerprint density at radius 3 is 3.10 bits per heavy atom. The minimum absolute atomic E-state index is 0.307. The highest BCUT2D eigenvalue weighted by Crippen LogP contribution is 2.38. The molecular weight excluding hydrogens is 280 g/mol. The van der Waals surface area contributed by atoms with E-state index in [4.69, 9.17) is 9.73 Å². The molecule has 0 radical (unpaired) electrons. The van der Waals surface area contributed by atoms with Crippen molar-refractivity contribution in [3.63, 3.8) is 0 Å². The molecule has 3 rings (SSSR count). The van der Waals surface area contributed by atoms with Gasteiger partial charge in [-0.3, -0.25) is 4.99 Å². The summed E-state index contributed by atoms with van der Waals surface area (Å²) in [6, 6.07) is 8.12. The maximum atomic E-state index is 5.39. The maximum Gasteiger partial charge on any atom is 0.157 e. The van der Waals surface area contributed by atoms with E-state index in [9.17, 15) is 0 Å². The van der Waals surface area contributed by atoms with Crippen molar-refractivity contribution in [1.82, 2.24) is 5.32 Å². The summed E-state index contributed by atoms with van der Waals surface area (Å²) in [5, 5.41) is 4.82. The number of methoxy groups -OCH3 is 1. The van der Waals surface area contributed by atoms with Crippen LogP contribution in [0.2, 0.25) is 0 Å². The fraction of sp³-hybridized carbons (Fsp3) is 0.588. The summed E-state index contributed by atoms with van der Waals surface area (Å²) in [6.45, 7) is 3.06. The van der Waals surface area contributed by atoms with Gasteiger partial charge >= 0.3 is 0 Å². The quantitative estimate of drug-likeness (QED) is 0.921. The number of benzene rings is 1. The summed E-state index contributed by atoms with van der Waals surface area (Å²) >= 11 is 1.88. The van der Waals surface area contributed by atoms with Gasteiger partial charge in [-0.15, -0.1) is 0 Å². The van der Waals surface area contributed by atoms with Gasteiger partial charge in [0.2, 0.25) is 0 Å². The minimum atomic E-state index is 0.307. The summed E-state index contributed by atoms with van der Waals surface area (Å²) in [4.78, 5) is 4.77. The molecule has 3 nitrogen and oxygen atoms in total. The van der Waals surface area contributed by atoms with Crippen LogP contribution in [0.1, 0.15) is 38.2 Å². The third kappa shape index (κ3) is 3.37. The zero-order valence-electron chi connectivity index (χ0n) is 12.9. The van der Waals surface area contributed by atoms with Crippen molar-refractivity contribution in [2.45, 2.75) is 44.7 Å². The molecule has 1 aliphatic carbocycles. The number of ether oxygens (including phenoxy) is 1. The molecule has 2 unspecified atom stereocenters. The van der Waals surface area contributed by atoms with Crippen LogP contribution in [0, 0.1) is 5.92 Å². The molecule has 0 bridgehead atoms. The van der Waals surface area contributed by atoms with Gasteiger partial charge < -0.3 is 10.1 Å². The van der Waals surface area contributed by atoms with Crippen molar-refractivity contribution >= 4 is 16.9 Å². The molecule has 4 heteroatoms. The van der Waals surface area contributed by atoms with Gasteiger partial charge in [0.05, 0.1) is 13.7 Å². The number of rotatable bonds is 3. The molecule has 1 aromatic carbocycles. The van der Waals surface area contributed by atoms with Gasteiger partial charge in [-0.2, -0.15) is 0 Å². The SMILES string of the molecule is COc1ccccc1CN=C1NC2(CCCC(C)C2)CS1. The van der Waals surface area contributed by atoms with Crippen LogP contribution in [-0.4, -0.2) is 23.6 Å². The van der Waals surface area contributed by atoms with Gasteiger partial charge in [0.15, 0.2) is 5.17 Å². The Labute approximate surface area is 131 Å². The molecule has 2 fully saturated rings. The number of aliphatic imine (C=N–C) groups is 1. The Morgan fingerprint density at radius 1 is 1.43 bits per heavy atom. The number of thioether (sulfide) groups is 1. The van der Waals surface area contributed by atoms with E-state index in [0.717, 1.165) is 22.4 Å². The molecule has 1 aliphatic heterocycles. The first-order valence-electron chi connectivity index (χ1n) is 7.78. The van der Waals surface area contributed by atoms with Crippen molar-refractivity contribution in [2.24, 2.45) is 10.9 Å². The molecule has 1 heterocycles. The van der Waals surface area contributed by atoms with Crippen molar-refractivity contribution in [3.05, 3.63) is 29.8 Å². The number of nitrogens with one attached hydrogen (secondary N) is 1. The lowest BCUT2D eigenvalue weighted by Gasteiger charge is -2.36. The molecule has 1 spiro atoms. The zero-order valence-corrected chi connectivity index (χ0v) is 13.7. The van der Waals surface area contributed by atoms with Crippen molar-refractivity contribution in [3.8, 4) is 5.75 Å². The summed E-state index contributed by atoms with van der Waals surface area (Å²) in [6.07, 6.45) is 5.29. The first kappa shape index (κ1) is 14.8. The standard InChI is InChI=1S/C17H24N2OS/c1-13-6-5-9-17(10-13)12-21-16(19-17)18-11-14-7-3-4-8-15(14)20-2/h3-4,7-8,13H,5-6,9-12H2,1-2H3,(H,18,19). The molecule has 114 valence electrons. The Hall–Kier alpha value is -1.16. The molecule has 1 N–H and O–H groups in total. The molecular formula is C17H24N2OS. The van der Waals surface area contributed by atoms with Crippen LogP contribution in [0.4, 0.5) is 0 Å². The Balaban J connectivity index is 1.66. The predicted molar refractivity (Wildman–Crippen MR) is 90.1 cm³/mol. The minimum Gasteiger partial charge on any atom is -0.496 e. The molecule has 2 atom stereocenters. The first-order chi connectivity index (χ1) is 10.2. The largest absolute Gasteiger partial charge is 0.496 e. The van der Waals surface area contributed by atoms with Crippen LogP contribution in [0.15, 0.2) is 29.3 Å². The highest BCUT2D eigenvalue weighted by molar-refractivity contribution is 8.14. The number of nitrogens with zero attached hydrogens (tertiary/aromatic N) is 1. The summed E-state index contributed by atoms with van der Waals surface area (Å²) < 4.78 is 5.39. The molecule has 0 aromatic heterocycles.